The molecule has 4 aromatic rings. The molecule has 2 atom stereocenters. The minimum atomic E-state index is -0.0544. The van der Waals surface area contributed by atoms with Crippen LogP contribution in [0, 0.1) is 0 Å². The molecule has 5 rings (SSSR count). The lowest BCUT2D eigenvalue weighted by Gasteiger charge is -2.25. The van der Waals surface area contributed by atoms with Gasteiger partial charge in [0.05, 0.1) is 6.26 Å². The first kappa shape index (κ1) is 20.0. The zero-order valence-corrected chi connectivity index (χ0v) is 17.9. The average Bonchev–Trinajstić information content (AvgIpc) is 3.46. The number of nitrogens with zero attached hydrogens (tertiary/aromatic N) is 5. The van der Waals surface area contributed by atoms with Gasteiger partial charge in [0.2, 0.25) is 11.8 Å². The SMILES string of the molecule is Nc1nc(N)n2nc(-c3ccco3)nc2c1C(Cc1cc(Cl)nc(Cl)c1)C1CCCN1. The van der Waals surface area contributed by atoms with Crippen molar-refractivity contribution in [3.63, 3.8) is 0 Å². The molecule has 0 aromatic carbocycles. The van der Waals surface area contributed by atoms with Crippen LogP contribution in [-0.2, 0) is 6.42 Å². The Balaban J connectivity index is 1.66. The van der Waals surface area contributed by atoms with Crippen molar-refractivity contribution >= 4 is 40.6 Å². The van der Waals surface area contributed by atoms with Gasteiger partial charge in [0.15, 0.2) is 11.4 Å². The maximum Gasteiger partial charge on any atom is 0.225 e. The van der Waals surface area contributed by atoms with Gasteiger partial charge in [-0.1, -0.05) is 23.2 Å². The minimum absolute atomic E-state index is 0.0544. The summed E-state index contributed by atoms with van der Waals surface area (Å²) in [6.07, 6.45) is 4.25. The predicted octanol–water partition coefficient (Wildman–Crippen LogP) is 3.33. The van der Waals surface area contributed by atoms with Crippen LogP contribution in [0.4, 0.5) is 11.8 Å². The topological polar surface area (TPSA) is 133 Å². The summed E-state index contributed by atoms with van der Waals surface area (Å²) < 4.78 is 6.97. The highest BCUT2D eigenvalue weighted by atomic mass is 35.5. The fourth-order valence-corrected chi connectivity index (χ4v) is 4.75. The van der Waals surface area contributed by atoms with E-state index in [2.05, 4.69) is 20.4 Å². The first-order chi connectivity index (χ1) is 15.0. The molecule has 11 heteroatoms. The summed E-state index contributed by atoms with van der Waals surface area (Å²) in [7, 11) is 0. The fourth-order valence-electron chi connectivity index (χ4n) is 4.24. The van der Waals surface area contributed by atoms with Gasteiger partial charge in [0, 0.05) is 17.5 Å². The highest BCUT2D eigenvalue weighted by Crippen LogP contribution is 2.36. The van der Waals surface area contributed by atoms with E-state index in [1.54, 1.807) is 18.4 Å². The number of furan rings is 1. The minimum Gasteiger partial charge on any atom is -0.461 e. The Bertz CT molecular complexity index is 1210. The van der Waals surface area contributed by atoms with Crippen molar-refractivity contribution in [2.24, 2.45) is 0 Å². The number of aromatic nitrogens is 5. The van der Waals surface area contributed by atoms with E-state index >= 15 is 0 Å². The second-order valence-corrected chi connectivity index (χ2v) is 8.33. The Morgan fingerprint density at radius 3 is 2.68 bits per heavy atom. The summed E-state index contributed by atoms with van der Waals surface area (Å²) in [5.74, 6) is 1.39. The molecule has 9 nitrogen and oxygen atoms in total. The van der Waals surface area contributed by atoms with E-state index in [0.29, 0.717) is 39.8 Å². The summed E-state index contributed by atoms with van der Waals surface area (Å²) >= 11 is 12.3. The van der Waals surface area contributed by atoms with Gasteiger partial charge in [-0.3, -0.25) is 0 Å². The fraction of sp³-hybridized carbons (Fsp3) is 0.300. The van der Waals surface area contributed by atoms with E-state index < -0.39 is 0 Å². The number of hydrogen-bond donors (Lipinski definition) is 3. The maximum atomic E-state index is 6.41. The Kier molecular flexibility index (Phi) is 5.17. The number of fused-ring (bicyclic) bond motifs is 1. The van der Waals surface area contributed by atoms with Crippen molar-refractivity contribution in [3.05, 3.63) is 52.0 Å². The molecule has 4 aromatic heterocycles. The van der Waals surface area contributed by atoms with Gasteiger partial charge in [-0.2, -0.15) is 9.50 Å². The van der Waals surface area contributed by atoms with E-state index in [1.165, 1.54) is 4.52 Å². The van der Waals surface area contributed by atoms with Crippen LogP contribution in [0.2, 0.25) is 10.3 Å². The Labute approximate surface area is 187 Å². The number of anilines is 2. The Hall–Kier alpha value is -2.88. The molecule has 0 aliphatic carbocycles. The molecule has 160 valence electrons. The number of rotatable bonds is 5. The second-order valence-electron chi connectivity index (χ2n) is 7.55. The van der Waals surface area contributed by atoms with E-state index in [9.17, 15) is 0 Å². The predicted molar refractivity (Wildman–Crippen MR) is 119 cm³/mol. The first-order valence-electron chi connectivity index (χ1n) is 9.90. The van der Waals surface area contributed by atoms with Crippen LogP contribution in [0.3, 0.4) is 0 Å². The van der Waals surface area contributed by atoms with Gasteiger partial charge in [0.1, 0.15) is 16.1 Å². The van der Waals surface area contributed by atoms with Crippen LogP contribution in [0.25, 0.3) is 17.2 Å². The van der Waals surface area contributed by atoms with Crippen molar-refractivity contribution in [1.29, 1.82) is 0 Å². The summed E-state index contributed by atoms with van der Waals surface area (Å²) in [5.41, 5.74) is 14.8. The quantitative estimate of drug-likeness (QED) is 0.387. The normalized spacial score (nSPS) is 17.4. The standard InChI is InChI=1S/C20H20Cl2N8O/c21-14-8-10(9-15(22)26-14)7-11(12-3-1-5-25-12)16-17(23)27-20(24)30-19(16)28-18(29-30)13-4-2-6-31-13/h2,4,6,8-9,11-12,25H,1,3,5,7,23H2,(H2,24,27). The van der Waals surface area contributed by atoms with Crippen LogP contribution in [0.1, 0.15) is 29.9 Å². The monoisotopic (exact) mass is 458 g/mol. The van der Waals surface area contributed by atoms with Crippen molar-refractivity contribution in [2.75, 3.05) is 18.0 Å². The number of halogens is 2. The van der Waals surface area contributed by atoms with Crippen molar-refractivity contribution in [2.45, 2.75) is 31.2 Å². The summed E-state index contributed by atoms with van der Waals surface area (Å²) in [6, 6.07) is 7.36. The summed E-state index contributed by atoms with van der Waals surface area (Å²) in [4.78, 5) is 13.1. The van der Waals surface area contributed by atoms with E-state index in [-0.39, 0.29) is 17.9 Å². The lowest BCUT2D eigenvalue weighted by molar-refractivity contribution is 0.486. The molecule has 0 bridgehead atoms. The third kappa shape index (κ3) is 3.80. The summed E-state index contributed by atoms with van der Waals surface area (Å²) in [5, 5.41) is 8.76. The molecule has 31 heavy (non-hydrogen) atoms. The Morgan fingerprint density at radius 1 is 1.19 bits per heavy atom. The lowest BCUT2D eigenvalue weighted by atomic mass is 9.85. The number of pyridine rings is 1. The molecule has 5 N–H and O–H groups in total. The average molecular weight is 459 g/mol. The van der Waals surface area contributed by atoms with Gasteiger partial charge in [-0.15, -0.1) is 5.10 Å². The smallest absolute Gasteiger partial charge is 0.225 e. The molecule has 1 saturated heterocycles. The second kappa shape index (κ2) is 7.99. The highest BCUT2D eigenvalue weighted by Gasteiger charge is 2.32. The number of nitrogens with two attached hydrogens (primary N) is 2. The van der Waals surface area contributed by atoms with E-state index in [1.807, 2.05) is 12.1 Å². The van der Waals surface area contributed by atoms with E-state index in [4.69, 9.17) is 44.1 Å². The van der Waals surface area contributed by atoms with Crippen LogP contribution in [0.5, 0.6) is 0 Å². The van der Waals surface area contributed by atoms with Gasteiger partial charge in [0.25, 0.3) is 0 Å². The van der Waals surface area contributed by atoms with Crippen LogP contribution >= 0.6 is 23.2 Å². The summed E-state index contributed by atoms with van der Waals surface area (Å²) in [6.45, 7) is 0.932. The highest BCUT2D eigenvalue weighted by molar-refractivity contribution is 6.32. The zero-order chi connectivity index (χ0) is 21.5. The molecular weight excluding hydrogens is 439 g/mol. The maximum absolute atomic E-state index is 6.41. The molecule has 1 aliphatic heterocycles. The van der Waals surface area contributed by atoms with Crippen LogP contribution in [0.15, 0.2) is 34.9 Å². The molecule has 0 saturated carbocycles. The molecule has 0 radical (unpaired) electrons. The third-order valence-corrected chi connectivity index (χ3v) is 5.94. The molecular formula is C20H20Cl2N8O. The van der Waals surface area contributed by atoms with Crippen LogP contribution < -0.4 is 16.8 Å². The lowest BCUT2D eigenvalue weighted by Crippen LogP contribution is -2.31. The third-order valence-electron chi connectivity index (χ3n) is 5.55. The number of nitrogen functional groups attached to an aromatic ring is 2. The molecule has 5 heterocycles. The van der Waals surface area contributed by atoms with Gasteiger partial charge < -0.3 is 21.2 Å². The number of nitrogens with one attached hydrogen (secondary N) is 1. The van der Waals surface area contributed by atoms with Crippen molar-refractivity contribution in [1.82, 2.24) is 29.9 Å². The van der Waals surface area contributed by atoms with Gasteiger partial charge >= 0.3 is 0 Å². The van der Waals surface area contributed by atoms with Crippen molar-refractivity contribution < 1.29 is 4.42 Å². The van der Waals surface area contributed by atoms with Gasteiger partial charge in [-0.05, 0) is 55.6 Å². The molecule has 2 unspecified atom stereocenters. The largest absolute Gasteiger partial charge is 0.461 e. The van der Waals surface area contributed by atoms with E-state index in [0.717, 1.165) is 30.5 Å². The Morgan fingerprint density at radius 2 is 2.00 bits per heavy atom. The van der Waals surface area contributed by atoms with Gasteiger partial charge in [-0.25, -0.2) is 9.97 Å². The first-order valence-corrected chi connectivity index (χ1v) is 10.7. The van der Waals surface area contributed by atoms with Crippen molar-refractivity contribution in [3.8, 4) is 11.6 Å². The molecule has 1 fully saturated rings. The van der Waals surface area contributed by atoms with Crippen LogP contribution in [-0.4, -0.2) is 37.2 Å². The molecule has 1 aliphatic rings. The molecule has 0 spiro atoms. The zero-order valence-electron chi connectivity index (χ0n) is 16.4. The number of hydrogen-bond acceptors (Lipinski definition) is 8. The molecule has 0 amide bonds.